The van der Waals surface area contributed by atoms with Crippen LogP contribution in [0.1, 0.15) is 43.1 Å². The first kappa shape index (κ1) is 17.4. The van der Waals surface area contributed by atoms with E-state index in [1.54, 1.807) is 19.1 Å². The van der Waals surface area contributed by atoms with Gasteiger partial charge in [0.25, 0.3) is 11.6 Å². The molecule has 0 bridgehead atoms. The summed E-state index contributed by atoms with van der Waals surface area (Å²) in [4.78, 5) is 23.0. The molecule has 116 valence electrons. The molecule has 1 atom stereocenters. The molecule has 1 unspecified atom stereocenters. The van der Waals surface area contributed by atoms with E-state index in [2.05, 4.69) is 5.32 Å². The van der Waals surface area contributed by atoms with Crippen molar-refractivity contribution in [3.8, 4) is 0 Å². The number of para-hydroxylation sites is 1. The average Bonchev–Trinajstić information content (AvgIpc) is 2.36. The second-order valence-corrected chi connectivity index (χ2v) is 6.48. The van der Waals surface area contributed by atoms with Gasteiger partial charge in [0.05, 0.1) is 4.92 Å². The van der Waals surface area contributed by atoms with Gasteiger partial charge in [-0.3, -0.25) is 14.9 Å². The third kappa shape index (κ3) is 4.43. The average molecular weight is 313 g/mol. The second kappa shape index (κ2) is 6.89. The van der Waals surface area contributed by atoms with Crippen LogP contribution in [0.15, 0.2) is 18.2 Å². The van der Waals surface area contributed by atoms with Gasteiger partial charge in [0, 0.05) is 17.5 Å². The molecular weight excluding hydrogens is 292 g/mol. The predicted molar refractivity (Wildman–Crippen MR) is 83.9 cm³/mol. The van der Waals surface area contributed by atoms with E-state index in [0.29, 0.717) is 17.9 Å². The van der Waals surface area contributed by atoms with Crippen LogP contribution in [0.2, 0.25) is 0 Å². The van der Waals surface area contributed by atoms with Crippen LogP contribution in [0, 0.1) is 22.5 Å². The lowest BCUT2D eigenvalue weighted by atomic mass is 9.85. The Morgan fingerprint density at radius 2 is 2.05 bits per heavy atom. The van der Waals surface area contributed by atoms with Crippen molar-refractivity contribution >= 4 is 23.2 Å². The molecule has 1 aromatic rings. The van der Waals surface area contributed by atoms with Crippen LogP contribution in [0.25, 0.3) is 0 Å². The molecular formula is C15H21ClN2O3. The van der Waals surface area contributed by atoms with Crippen LogP contribution >= 0.6 is 11.6 Å². The summed E-state index contributed by atoms with van der Waals surface area (Å²) in [7, 11) is 0. The number of nitrogens with one attached hydrogen (secondary N) is 1. The van der Waals surface area contributed by atoms with Crippen molar-refractivity contribution in [1.82, 2.24) is 5.32 Å². The summed E-state index contributed by atoms with van der Waals surface area (Å²) in [5, 5.41) is 14.0. The van der Waals surface area contributed by atoms with Crippen molar-refractivity contribution in [2.45, 2.75) is 40.2 Å². The Morgan fingerprint density at radius 1 is 1.43 bits per heavy atom. The molecule has 21 heavy (non-hydrogen) atoms. The Bertz CT molecular complexity index is 538. The summed E-state index contributed by atoms with van der Waals surface area (Å²) in [5.41, 5.74) is 0.234. The minimum Gasteiger partial charge on any atom is -0.349 e. The molecule has 0 radical (unpaired) electrons. The maximum absolute atomic E-state index is 12.4. The third-order valence-electron chi connectivity index (χ3n) is 3.41. The first-order valence-electron chi connectivity index (χ1n) is 6.79. The standard InChI is InChI=1S/C15H21ClN2O3/c1-10-6-5-7-11(13(10)18(20)21)14(19)17-12(8-9-16)15(2,3)4/h5-7,12H,8-9H2,1-4H3,(H,17,19). The Labute approximate surface area is 129 Å². The number of aryl methyl sites for hydroxylation is 1. The molecule has 0 aliphatic heterocycles. The fourth-order valence-electron chi connectivity index (χ4n) is 2.15. The van der Waals surface area contributed by atoms with Gasteiger partial charge in [-0.1, -0.05) is 32.9 Å². The highest BCUT2D eigenvalue weighted by Gasteiger charge is 2.29. The SMILES string of the molecule is Cc1cccc(C(=O)NC(CCCl)C(C)(C)C)c1[N+](=O)[O-]. The molecule has 0 heterocycles. The Balaban J connectivity index is 3.09. The second-order valence-electron chi connectivity index (χ2n) is 6.10. The van der Waals surface area contributed by atoms with E-state index in [4.69, 9.17) is 11.6 Å². The molecule has 0 aliphatic rings. The lowest BCUT2D eigenvalue weighted by Gasteiger charge is -2.31. The minimum absolute atomic E-state index is 0.0869. The van der Waals surface area contributed by atoms with Crippen LogP contribution in [0.5, 0.6) is 0 Å². The number of nitro groups is 1. The van der Waals surface area contributed by atoms with Crippen LogP contribution in [-0.2, 0) is 0 Å². The highest BCUT2D eigenvalue weighted by atomic mass is 35.5. The van der Waals surface area contributed by atoms with E-state index in [1.807, 2.05) is 20.8 Å². The lowest BCUT2D eigenvalue weighted by molar-refractivity contribution is -0.385. The van der Waals surface area contributed by atoms with E-state index in [9.17, 15) is 14.9 Å². The van der Waals surface area contributed by atoms with Gasteiger partial charge >= 0.3 is 0 Å². The number of benzene rings is 1. The maximum Gasteiger partial charge on any atom is 0.285 e. The Kier molecular flexibility index (Phi) is 5.72. The fourth-order valence-corrected chi connectivity index (χ4v) is 2.37. The maximum atomic E-state index is 12.4. The fraction of sp³-hybridized carbons (Fsp3) is 0.533. The zero-order valence-electron chi connectivity index (χ0n) is 12.8. The largest absolute Gasteiger partial charge is 0.349 e. The van der Waals surface area contributed by atoms with E-state index < -0.39 is 10.8 Å². The summed E-state index contributed by atoms with van der Waals surface area (Å²) in [6.45, 7) is 7.61. The zero-order valence-corrected chi connectivity index (χ0v) is 13.5. The molecule has 0 saturated heterocycles. The van der Waals surface area contributed by atoms with Crippen molar-refractivity contribution in [3.05, 3.63) is 39.4 Å². The highest BCUT2D eigenvalue weighted by Crippen LogP contribution is 2.26. The van der Waals surface area contributed by atoms with Crippen molar-refractivity contribution in [3.63, 3.8) is 0 Å². The van der Waals surface area contributed by atoms with Crippen molar-refractivity contribution in [2.24, 2.45) is 5.41 Å². The normalized spacial score (nSPS) is 12.8. The topological polar surface area (TPSA) is 72.2 Å². The van der Waals surface area contributed by atoms with Crippen LogP contribution in [-0.4, -0.2) is 22.8 Å². The van der Waals surface area contributed by atoms with E-state index in [0.717, 1.165) is 0 Å². The van der Waals surface area contributed by atoms with E-state index >= 15 is 0 Å². The number of amides is 1. The first-order chi connectivity index (χ1) is 9.68. The molecule has 1 N–H and O–H groups in total. The Hall–Kier alpha value is -1.62. The predicted octanol–water partition coefficient (Wildman–Crippen LogP) is 3.68. The number of halogens is 1. The van der Waals surface area contributed by atoms with Gasteiger partial charge in [0.15, 0.2) is 0 Å². The molecule has 0 spiro atoms. The zero-order chi connectivity index (χ0) is 16.2. The smallest absolute Gasteiger partial charge is 0.285 e. The van der Waals surface area contributed by atoms with Crippen LogP contribution in [0.3, 0.4) is 0 Å². The lowest BCUT2D eigenvalue weighted by Crippen LogP contribution is -2.44. The number of nitrogens with zero attached hydrogens (tertiary/aromatic N) is 1. The summed E-state index contributed by atoms with van der Waals surface area (Å²) in [6, 6.07) is 4.59. The number of carbonyl (C=O) groups is 1. The van der Waals surface area contributed by atoms with E-state index in [1.165, 1.54) is 6.07 Å². The summed E-state index contributed by atoms with van der Waals surface area (Å²) < 4.78 is 0. The number of carbonyl (C=O) groups excluding carboxylic acids is 1. The highest BCUT2D eigenvalue weighted by molar-refractivity contribution is 6.17. The molecule has 0 aromatic heterocycles. The molecule has 5 nitrogen and oxygen atoms in total. The molecule has 0 aliphatic carbocycles. The van der Waals surface area contributed by atoms with Gasteiger partial charge in [-0.05, 0) is 24.8 Å². The van der Waals surface area contributed by atoms with Crippen LogP contribution < -0.4 is 5.32 Å². The van der Waals surface area contributed by atoms with Gasteiger partial charge in [0.1, 0.15) is 5.56 Å². The summed E-state index contributed by atoms with van der Waals surface area (Å²) in [5.74, 6) is -0.0200. The van der Waals surface area contributed by atoms with Gasteiger partial charge in [-0.25, -0.2) is 0 Å². The van der Waals surface area contributed by atoms with Gasteiger partial charge in [-0.2, -0.15) is 0 Å². The monoisotopic (exact) mass is 312 g/mol. The number of alkyl halides is 1. The number of nitro benzene ring substituents is 1. The van der Waals surface area contributed by atoms with Gasteiger partial charge in [-0.15, -0.1) is 11.6 Å². The van der Waals surface area contributed by atoms with E-state index in [-0.39, 0.29) is 22.7 Å². The molecule has 1 amide bonds. The minimum atomic E-state index is -0.516. The third-order valence-corrected chi connectivity index (χ3v) is 3.63. The van der Waals surface area contributed by atoms with Crippen LogP contribution in [0.4, 0.5) is 5.69 Å². The molecule has 0 saturated carbocycles. The first-order valence-corrected chi connectivity index (χ1v) is 7.32. The van der Waals surface area contributed by atoms with Gasteiger partial charge in [0.2, 0.25) is 0 Å². The molecule has 1 aromatic carbocycles. The number of hydrogen-bond acceptors (Lipinski definition) is 3. The molecule has 1 rings (SSSR count). The van der Waals surface area contributed by atoms with Crippen molar-refractivity contribution < 1.29 is 9.72 Å². The van der Waals surface area contributed by atoms with Gasteiger partial charge < -0.3 is 5.32 Å². The van der Waals surface area contributed by atoms with Crippen molar-refractivity contribution in [1.29, 1.82) is 0 Å². The molecule has 0 fully saturated rings. The quantitative estimate of drug-likeness (QED) is 0.512. The Morgan fingerprint density at radius 3 is 2.52 bits per heavy atom. The number of rotatable bonds is 5. The summed E-state index contributed by atoms with van der Waals surface area (Å²) in [6.07, 6.45) is 0.608. The van der Waals surface area contributed by atoms with Crippen molar-refractivity contribution in [2.75, 3.05) is 5.88 Å². The molecule has 6 heteroatoms. The summed E-state index contributed by atoms with van der Waals surface area (Å²) >= 11 is 5.78. The number of hydrogen-bond donors (Lipinski definition) is 1.